The van der Waals surface area contributed by atoms with Crippen LogP contribution in [0.3, 0.4) is 0 Å². The summed E-state index contributed by atoms with van der Waals surface area (Å²) < 4.78 is 14.1. The Morgan fingerprint density at radius 1 is 1.13 bits per heavy atom. The third-order valence-corrected chi connectivity index (χ3v) is 4.57. The Bertz CT molecular complexity index is 713. The van der Waals surface area contributed by atoms with Gasteiger partial charge in [-0.1, -0.05) is 23.7 Å². The number of nitro benzene ring substituents is 1. The van der Waals surface area contributed by atoms with Gasteiger partial charge < -0.3 is 4.90 Å². The van der Waals surface area contributed by atoms with Gasteiger partial charge in [-0.05, 0) is 42.5 Å². The second-order valence-corrected chi connectivity index (χ2v) is 6.14. The van der Waals surface area contributed by atoms with Crippen LogP contribution >= 0.6 is 11.6 Å². The van der Waals surface area contributed by atoms with Gasteiger partial charge in [0.15, 0.2) is 5.82 Å². The van der Waals surface area contributed by atoms with Crippen molar-refractivity contribution < 1.29 is 9.31 Å². The maximum absolute atomic E-state index is 14.1. The molecule has 0 aliphatic carbocycles. The molecule has 1 fully saturated rings. The molecule has 0 unspecified atom stereocenters. The molecule has 0 spiro atoms. The first-order valence-electron chi connectivity index (χ1n) is 7.49. The average Bonchev–Trinajstić information content (AvgIpc) is 2.56. The molecule has 0 N–H and O–H groups in total. The van der Waals surface area contributed by atoms with E-state index in [9.17, 15) is 14.5 Å². The number of hydrogen-bond acceptors (Lipinski definition) is 3. The molecule has 0 amide bonds. The standard InChI is InChI=1S/C17H16ClFN2O2/c18-14-3-1-12(2-4-14)13-7-9-20(10-8-13)17-6-5-15(21(22)23)11-16(17)19/h1-6,11,13H,7-10H2. The predicted molar refractivity (Wildman–Crippen MR) is 88.7 cm³/mol. The van der Waals surface area contributed by atoms with Crippen LogP contribution in [0, 0.1) is 15.9 Å². The van der Waals surface area contributed by atoms with Gasteiger partial charge in [-0.15, -0.1) is 0 Å². The van der Waals surface area contributed by atoms with Crippen molar-refractivity contribution in [3.63, 3.8) is 0 Å². The highest BCUT2D eigenvalue weighted by Gasteiger charge is 2.23. The molecule has 3 rings (SSSR count). The molecule has 1 aliphatic rings. The molecule has 0 saturated carbocycles. The highest BCUT2D eigenvalue weighted by molar-refractivity contribution is 6.30. The lowest BCUT2D eigenvalue weighted by Crippen LogP contribution is -2.33. The highest BCUT2D eigenvalue weighted by Crippen LogP contribution is 2.32. The Morgan fingerprint density at radius 2 is 1.78 bits per heavy atom. The predicted octanol–water partition coefficient (Wildman–Crippen LogP) is 4.77. The van der Waals surface area contributed by atoms with Crippen LogP contribution in [0.25, 0.3) is 0 Å². The first-order chi connectivity index (χ1) is 11.0. The van der Waals surface area contributed by atoms with E-state index in [1.54, 1.807) is 0 Å². The molecular formula is C17H16ClFN2O2. The fraction of sp³-hybridized carbons (Fsp3) is 0.294. The summed E-state index contributed by atoms with van der Waals surface area (Å²) in [5.74, 6) is -0.103. The summed E-state index contributed by atoms with van der Waals surface area (Å²) in [5, 5.41) is 11.4. The molecule has 0 aromatic heterocycles. The fourth-order valence-corrected chi connectivity index (χ4v) is 3.18. The van der Waals surface area contributed by atoms with Crippen LogP contribution in [-0.4, -0.2) is 18.0 Å². The van der Waals surface area contributed by atoms with Crippen molar-refractivity contribution in [3.05, 3.63) is 69.0 Å². The van der Waals surface area contributed by atoms with Crippen molar-refractivity contribution in [2.45, 2.75) is 18.8 Å². The third kappa shape index (κ3) is 3.45. The monoisotopic (exact) mass is 334 g/mol. The van der Waals surface area contributed by atoms with E-state index in [-0.39, 0.29) is 5.69 Å². The van der Waals surface area contributed by atoms with Gasteiger partial charge in [0.2, 0.25) is 0 Å². The number of piperidine rings is 1. The Labute approximate surface area is 138 Å². The Kier molecular flexibility index (Phi) is 4.48. The van der Waals surface area contributed by atoms with E-state index in [0.29, 0.717) is 11.6 Å². The van der Waals surface area contributed by atoms with Gasteiger partial charge in [-0.2, -0.15) is 0 Å². The summed E-state index contributed by atoms with van der Waals surface area (Å²) in [6.45, 7) is 1.45. The number of halogens is 2. The quantitative estimate of drug-likeness (QED) is 0.600. The van der Waals surface area contributed by atoms with E-state index in [1.165, 1.54) is 17.7 Å². The van der Waals surface area contributed by atoms with Gasteiger partial charge in [0.1, 0.15) is 0 Å². The molecule has 0 atom stereocenters. The number of hydrogen-bond donors (Lipinski definition) is 0. The molecule has 1 saturated heterocycles. The second kappa shape index (κ2) is 6.54. The molecule has 2 aromatic carbocycles. The SMILES string of the molecule is O=[N+]([O-])c1ccc(N2CCC(c3ccc(Cl)cc3)CC2)c(F)c1. The minimum absolute atomic E-state index is 0.220. The summed E-state index contributed by atoms with van der Waals surface area (Å²) in [5.41, 5.74) is 1.46. The van der Waals surface area contributed by atoms with Crippen LogP contribution in [0.5, 0.6) is 0 Å². The molecule has 4 nitrogen and oxygen atoms in total. The molecule has 1 aliphatic heterocycles. The van der Waals surface area contributed by atoms with E-state index in [1.807, 2.05) is 29.2 Å². The van der Waals surface area contributed by atoms with Crippen LogP contribution in [0.4, 0.5) is 15.8 Å². The molecule has 1 heterocycles. The van der Waals surface area contributed by atoms with Crippen LogP contribution in [-0.2, 0) is 0 Å². The lowest BCUT2D eigenvalue weighted by Gasteiger charge is -2.34. The van der Waals surface area contributed by atoms with Crippen molar-refractivity contribution >= 4 is 23.0 Å². The van der Waals surface area contributed by atoms with Crippen molar-refractivity contribution in [1.82, 2.24) is 0 Å². The molecule has 0 radical (unpaired) electrons. The van der Waals surface area contributed by atoms with Crippen LogP contribution in [0.2, 0.25) is 5.02 Å². The van der Waals surface area contributed by atoms with Gasteiger partial charge in [-0.3, -0.25) is 10.1 Å². The number of benzene rings is 2. The number of rotatable bonds is 3. The first kappa shape index (κ1) is 15.7. The summed E-state index contributed by atoms with van der Waals surface area (Å²) in [6, 6.07) is 11.7. The smallest absolute Gasteiger partial charge is 0.272 e. The van der Waals surface area contributed by atoms with E-state index >= 15 is 0 Å². The van der Waals surface area contributed by atoms with Crippen molar-refractivity contribution in [3.8, 4) is 0 Å². The van der Waals surface area contributed by atoms with E-state index in [0.717, 1.165) is 37.0 Å². The van der Waals surface area contributed by atoms with Gasteiger partial charge in [0.05, 0.1) is 16.7 Å². The van der Waals surface area contributed by atoms with Gasteiger partial charge in [-0.25, -0.2) is 4.39 Å². The molecule has 6 heteroatoms. The third-order valence-electron chi connectivity index (χ3n) is 4.32. The van der Waals surface area contributed by atoms with Crippen molar-refractivity contribution in [2.75, 3.05) is 18.0 Å². The summed E-state index contributed by atoms with van der Waals surface area (Å²) >= 11 is 5.91. The Morgan fingerprint density at radius 3 is 2.35 bits per heavy atom. The van der Waals surface area contributed by atoms with Gasteiger partial charge >= 0.3 is 0 Å². The van der Waals surface area contributed by atoms with Gasteiger partial charge in [0.25, 0.3) is 5.69 Å². The highest BCUT2D eigenvalue weighted by atomic mass is 35.5. The minimum Gasteiger partial charge on any atom is -0.369 e. The molecule has 23 heavy (non-hydrogen) atoms. The first-order valence-corrected chi connectivity index (χ1v) is 7.87. The normalized spacial score (nSPS) is 15.7. The van der Waals surface area contributed by atoms with Gasteiger partial charge in [0, 0.05) is 24.2 Å². The largest absolute Gasteiger partial charge is 0.369 e. The van der Waals surface area contributed by atoms with E-state index in [4.69, 9.17) is 11.6 Å². The van der Waals surface area contributed by atoms with Crippen LogP contribution in [0.1, 0.15) is 24.3 Å². The molecule has 2 aromatic rings. The lowest BCUT2D eigenvalue weighted by molar-refractivity contribution is -0.385. The van der Waals surface area contributed by atoms with Crippen LogP contribution < -0.4 is 4.90 Å². The van der Waals surface area contributed by atoms with Crippen molar-refractivity contribution in [1.29, 1.82) is 0 Å². The average molecular weight is 335 g/mol. The number of anilines is 1. The van der Waals surface area contributed by atoms with E-state index in [2.05, 4.69) is 0 Å². The lowest BCUT2D eigenvalue weighted by atomic mass is 9.89. The number of non-ortho nitro benzene ring substituents is 1. The molecule has 0 bridgehead atoms. The summed E-state index contributed by atoms with van der Waals surface area (Å²) in [4.78, 5) is 12.0. The summed E-state index contributed by atoms with van der Waals surface area (Å²) in [7, 11) is 0. The second-order valence-electron chi connectivity index (χ2n) is 5.71. The summed E-state index contributed by atoms with van der Waals surface area (Å²) in [6.07, 6.45) is 1.83. The fourth-order valence-electron chi connectivity index (χ4n) is 3.05. The Hall–Kier alpha value is -2.14. The molecule has 120 valence electrons. The molecular weight excluding hydrogens is 319 g/mol. The Balaban J connectivity index is 1.69. The number of nitrogens with zero attached hydrogens (tertiary/aromatic N) is 2. The number of nitro groups is 1. The minimum atomic E-state index is -0.584. The zero-order chi connectivity index (χ0) is 16.4. The zero-order valence-electron chi connectivity index (χ0n) is 12.4. The maximum atomic E-state index is 14.1. The maximum Gasteiger partial charge on any atom is 0.272 e. The van der Waals surface area contributed by atoms with Crippen LogP contribution in [0.15, 0.2) is 42.5 Å². The topological polar surface area (TPSA) is 46.4 Å². The van der Waals surface area contributed by atoms with E-state index < -0.39 is 10.7 Å². The zero-order valence-corrected chi connectivity index (χ0v) is 13.2. The van der Waals surface area contributed by atoms with Crippen molar-refractivity contribution in [2.24, 2.45) is 0 Å².